The number of benzene rings is 1. The summed E-state index contributed by atoms with van der Waals surface area (Å²) < 4.78 is 11.5. The smallest absolute Gasteiger partial charge is 0.257 e. The van der Waals surface area contributed by atoms with Gasteiger partial charge in [0.25, 0.3) is 5.91 Å². The third-order valence-corrected chi connectivity index (χ3v) is 6.81. The van der Waals surface area contributed by atoms with E-state index in [1.807, 2.05) is 4.90 Å². The van der Waals surface area contributed by atoms with Gasteiger partial charge >= 0.3 is 0 Å². The molecule has 166 valence electrons. The second-order valence-electron chi connectivity index (χ2n) is 9.06. The zero-order valence-electron chi connectivity index (χ0n) is 17.8. The molecule has 2 heterocycles. The van der Waals surface area contributed by atoms with E-state index in [1.54, 1.807) is 36.3 Å². The van der Waals surface area contributed by atoms with Crippen molar-refractivity contribution in [3.05, 3.63) is 29.8 Å². The van der Waals surface area contributed by atoms with Gasteiger partial charge in [-0.2, -0.15) is 0 Å². The van der Waals surface area contributed by atoms with Crippen molar-refractivity contribution in [1.29, 1.82) is 0 Å². The molecular weight excluding hydrogens is 398 g/mol. The molecular formula is C23H29N3O5. The number of rotatable bonds is 5. The molecule has 3 amide bonds. The Balaban J connectivity index is 1.40. The van der Waals surface area contributed by atoms with Gasteiger partial charge in [-0.05, 0) is 43.9 Å². The maximum atomic E-state index is 13.7. The van der Waals surface area contributed by atoms with Crippen molar-refractivity contribution in [2.24, 2.45) is 5.92 Å². The molecule has 1 N–H and O–H groups in total. The average Bonchev–Trinajstić information content (AvgIpc) is 3.72. The number of nitrogens with one attached hydrogen (secondary N) is 1. The predicted octanol–water partition coefficient (Wildman–Crippen LogP) is 1.54. The maximum Gasteiger partial charge on any atom is 0.257 e. The lowest BCUT2D eigenvalue weighted by molar-refractivity contribution is -0.144. The highest BCUT2D eigenvalue weighted by molar-refractivity contribution is 5.99. The van der Waals surface area contributed by atoms with E-state index in [1.165, 1.54) is 0 Å². The molecule has 8 heteroatoms. The van der Waals surface area contributed by atoms with Gasteiger partial charge in [-0.15, -0.1) is 0 Å². The lowest BCUT2D eigenvalue weighted by Gasteiger charge is -2.44. The monoisotopic (exact) mass is 427 g/mol. The van der Waals surface area contributed by atoms with Crippen LogP contribution >= 0.6 is 0 Å². The van der Waals surface area contributed by atoms with Crippen LogP contribution in [0.25, 0.3) is 0 Å². The Labute approximate surface area is 181 Å². The molecule has 1 aromatic carbocycles. The third kappa shape index (κ3) is 3.89. The van der Waals surface area contributed by atoms with Crippen molar-refractivity contribution in [2.75, 3.05) is 26.8 Å². The van der Waals surface area contributed by atoms with Crippen LogP contribution in [0.2, 0.25) is 0 Å². The second-order valence-corrected chi connectivity index (χ2v) is 9.06. The predicted molar refractivity (Wildman–Crippen MR) is 111 cm³/mol. The molecule has 0 bridgehead atoms. The van der Waals surface area contributed by atoms with E-state index < -0.39 is 11.8 Å². The van der Waals surface area contributed by atoms with E-state index >= 15 is 0 Å². The van der Waals surface area contributed by atoms with Crippen molar-refractivity contribution in [1.82, 2.24) is 15.1 Å². The van der Waals surface area contributed by atoms with Crippen molar-refractivity contribution in [3.8, 4) is 5.75 Å². The van der Waals surface area contributed by atoms with Gasteiger partial charge in [0.15, 0.2) is 0 Å². The average molecular weight is 428 g/mol. The van der Waals surface area contributed by atoms with E-state index in [9.17, 15) is 14.4 Å². The van der Waals surface area contributed by atoms with Gasteiger partial charge in [0, 0.05) is 43.5 Å². The van der Waals surface area contributed by atoms with Crippen LogP contribution in [0.4, 0.5) is 0 Å². The number of piperidine rings is 1. The van der Waals surface area contributed by atoms with Crippen LogP contribution in [0.15, 0.2) is 24.3 Å². The molecule has 4 aliphatic rings. The number of nitrogens with zero attached hydrogens (tertiary/aromatic N) is 2. The summed E-state index contributed by atoms with van der Waals surface area (Å²) in [6.07, 6.45) is 4.92. The lowest BCUT2D eigenvalue weighted by Crippen LogP contribution is -2.60. The summed E-state index contributed by atoms with van der Waals surface area (Å²) in [6.45, 7) is 1.24. The molecule has 0 radical (unpaired) electrons. The SMILES string of the molecule is COc1cccc(C(=O)N2C(C(=O)NC3CC3)COC23CCN(C(=O)C2CC2)CC3)c1. The van der Waals surface area contributed by atoms with Gasteiger partial charge < -0.3 is 19.7 Å². The molecule has 2 saturated carbocycles. The van der Waals surface area contributed by atoms with Crippen molar-refractivity contribution in [2.45, 2.75) is 56.3 Å². The highest BCUT2D eigenvalue weighted by Crippen LogP contribution is 2.40. The quantitative estimate of drug-likeness (QED) is 0.770. The number of amides is 3. The number of hydrogen-bond acceptors (Lipinski definition) is 5. The summed E-state index contributed by atoms with van der Waals surface area (Å²) in [5.74, 6) is 0.567. The molecule has 4 fully saturated rings. The summed E-state index contributed by atoms with van der Waals surface area (Å²) in [6, 6.07) is 6.51. The fraction of sp³-hybridized carbons (Fsp3) is 0.609. The summed E-state index contributed by atoms with van der Waals surface area (Å²) >= 11 is 0. The number of methoxy groups -OCH3 is 1. The minimum Gasteiger partial charge on any atom is -0.497 e. The molecule has 2 saturated heterocycles. The number of likely N-dealkylation sites (tertiary alicyclic amines) is 1. The van der Waals surface area contributed by atoms with E-state index in [2.05, 4.69) is 5.32 Å². The fourth-order valence-corrected chi connectivity index (χ4v) is 4.65. The number of ether oxygens (including phenoxy) is 2. The molecule has 8 nitrogen and oxygen atoms in total. The van der Waals surface area contributed by atoms with Crippen LogP contribution in [-0.2, 0) is 14.3 Å². The first-order valence-electron chi connectivity index (χ1n) is 11.2. The summed E-state index contributed by atoms with van der Waals surface area (Å²) in [7, 11) is 1.56. The summed E-state index contributed by atoms with van der Waals surface area (Å²) in [5, 5.41) is 3.02. The summed E-state index contributed by atoms with van der Waals surface area (Å²) in [5.41, 5.74) is -0.406. The number of hydrogen-bond donors (Lipinski definition) is 1. The van der Waals surface area contributed by atoms with Crippen molar-refractivity contribution < 1.29 is 23.9 Å². The number of carbonyl (C=O) groups is 3. The van der Waals surface area contributed by atoms with E-state index in [4.69, 9.17) is 9.47 Å². The van der Waals surface area contributed by atoms with Gasteiger partial charge in [-0.25, -0.2) is 0 Å². The first kappa shape index (κ1) is 20.3. The third-order valence-electron chi connectivity index (χ3n) is 6.81. The van der Waals surface area contributed by atoms with Crippen LogP contribution in [0.1, 0.15) is 48.9 Å². The Morgan fingerprint density at radius 1 is 1.13 bits per heavy atom. The zero-order valence-corrected chi connectivity index (χ0v) is 17.8. The number of carbonyl (C=O) groups excluding carboxylic acids is 3. The van der Waals surface area contributed by atoms with Gasteiger partial charge in [0.1, 0.15) is 17.5 Å². The van der Waals surface area contributed by atoms with Crippen molar-refractivity contribution >= 4 is 17.7 Å². The van der Waals surface area contributed by atoms with E-state index in [0.717, 1.165) is 25.7 Å². The molecule has 1 atom stereocenters. The molecule has 2 aliphatic carbocycles. The molecule has 0 aromatic heterocycles. The Morgan fingerprint density at radius 3 is 2.52 bits per heavy atom. The molecule has 5 rings (SSSR count). The second kappa shape index (κ2) is 7.82. The maximum absolute atomic E-state index is 13.7. The van der Waals surface area contributed by atoms with Crippen LogP contribution in [-0.4, -0.2) is 72.1 Å². The van der Waals surface area contributed by atoms with Crippen molar-refractivity contribution in [3.63, 3.8) is 0 Å². The largest absolute Gasteiger partial charge is 0.497 e. The topological polar surface area (TPSA) is 88.2 Å². The minimum absolute atomic E-state index is 0.160. The Bertz CT molecular complexity index is 887. The Morgan fingerprint density at radius 2 is 1.87 bits per heavy atom. The Kier molecular flexibility index (Phi) is 5.12. The van der Waals surface area contributed by atoms with Gasteiger partial charge in [-0.3, -0.25) is 19.3 Å². The highest BCUT2D eigenvalue weighted by atomic mass is 16.5. The first-order valence-corrected chi connectivity index (χ1v) is 11.2. The molecule has 1 aromatic rings. The van der Waals surface area contributed by atoms with Crippen LogP contribution in [0, 0.1) is 5.92 Å². The highest BCUT2D eigenvalue weighted by Gasteiger charge is 2.55. The molecule has 31 heavy (non-hydrogen) atoms. The van der Waals surface area contributed by atoms with Crippen LogP contribution in [0.5, 0.6) is 5.75 Å². The minimum atomic E-state index is -0.869. The van der Waals surface area contributed by atoms with Crippen LogP contribution < -0.4 is 10.1 Å². The fourth-order valence-electron chi connectivity index (χ4n) is 4.65. The Hall–Kier alpha value is -2.61. The molecule has 1 spiro atoms. The first-order chi connectivity index (χ1) is 15.0. The standard InChI is InChI=1S/C23H29N3O5/c1-30-18-4-2-3-16(13-18)22(29)26-19(20(27)24-17-7-8-17)14-31-23(26)9-11-25(12-10-23)21(28)15-5-6-15/h2-4,13,15,17,19H,5-12,14H2,1H3,(H,24,27). The van der Waals surface area contributed by atoms with E-state index in [-0.39, 0.29) is 36.3 Å². The molecule has 1 unspecified atom stereocenters. The van der Waals surface area contributed by atoms with Crippen LogP contribution in [0.3, 0.4) is 0 Å². The van der Waals surface area contributed by atoms with Gasteiger partial charge in [0.05, 0.1) is 13.7 Å². The van der Waals surface area contributed by atoms with E-state index in [0.29, 0.717) is 37.2 Å². The van der Waals surface area contributed by atoms with Gasteiger partial charge in [-0.1, -0.05) is 6.07 Å². The summed E-state index contributed by atoms with van der Waals surface area (Å²) in [4.78, 5) is 42.7. The zero-order chi connectivity index (χ0) is 21.6. The lowest BCUT2D eigenvalue weighted by atomic mass is 9.96. The van der Waals surface area contributed by atoms with Gasteiger partial charge in [0.2, 0.25) is 11.8 Å². The molecule has 2 aliphatic heterocycles. The normalized spacial score (nSPS) is 24.9.